The lowest BCUT2D eigenvalue weighted by Gasteiger charge is -2.08. The third-order valence-corrected chi connectivity index (χ3v) is 2.59. The Bertz CT molecular complexity index is 385. The Morgan fingerprint density at radius 1 is 1.26 bits per heavy atom. The Kier molecular flexibility index (Phi) is 7.58. The van der Waals surface area contributed by atoms with E-state index < -0.39 is 0 Å². The normalized spacial score (nSPS) is 10.2. The molecular weight excluding hydrogens is 247 g/mol. The predicted molar refractivity (Wildman–Crippen MR) is 72.6 cm³/mol. The van der Waals surface area contributed by atoms with E-state index in [-0.39, 0.29) is 11.8 Å². The molecule has 0 spiro atoms. The van der Waals surface area contributed by atoms with Gasteiger partial charge in [0.05, 0.1) is 0 Å². The van der Waals surface area contributed by atoms with Gasteiger partial charge in [-0.25, -0.2) is 9.18 Å². The molecule has 0 saturated heterocycles. The van der Waals surface area contributed by atoms with Crippen LogP contribution in [0.1, 0.15) is 18.9 Å². The van der Waals surface area contributed by atoms with Gasteiger partial charge in [-0.1, -0.05) is 18.2 Å². The van der Waals surface area contributed by atoms with Crippen molar-refractivity contribution in [1.82, 2.24) is 10.6 Å². The lowest BCUT2D eigenvalue weighted by Crippen LogP contribution is -2.37. The van der Waals surface area contributed by atoms with Crippen molar-refractivity contribution in [2.24, 2.45) is 0 Å². The van der Waals surface area contributed by atoms with E-state index in [0.29, 0.717) is 38.3 Å². The maximum Gasteiger partial charge on any atom is 0.314 e. The molecule has 2 N–H and O–H groups in total. The van der Waals surface area contributed by atoms with Crippen molar-refractivity contribution >= 4 is 6.03 Å². The summed E-state index contributed by atoms with van der Waals surface area (Å²) in [6, 6.07) is 6.34. The van der Waals surface area contributed by atoms with E-state index in [1.807, 2.05) is 6.92 Å². The molecule has 0 bridgehead atoms. The van der Waals surface area contributed by atoms with Gasteiger partial charge in [-0.2, -0.15) is 0 Å². The van der Waals surface area contributed by atoms with Crippen LogP contribution in [0.2, 0.25) is 0 Å². The topological polar surface area (TPSA) is 50.4 Å². The van der Waals surface area contributed by atoms with Gasteiger partial charge < -0.3 is 15.4 Å². The highest BCUT2D eigenvalue weighted by Gasteiger charge is 2.02. The van der Waals surface area contributed by atoms with Crippen molar-refractivity contribution in [3.05, 3.63) is 35.6 Å². The highest BCUT2D eigenvalue weighted by Crippen LogP contribution is 2.05. The second kappa shape index (κ2) is 9.33. The van der Waals surface area contributed by atoms with Gasteiger partial charge in [0, 0.05) is 26.3 Å². The first-order valence-corrected chi connectivity index (χ1v) is 6.57. The van der Waals surface area contributed by atoms with Crippen molar-refractivity contribution in [3.63, 3.8) is 0 Å². The second-order valence-corrected chi connectivity index (χ2v) is 4.07. The Morgan fingerprint density at radius 3 is 2.74 bits per heavy atom. The van der Waals surface area contributed by atoms with Crippen LogP contribution in [0.25, 0.3) is 0 Å². The number of hydrogen-bond donors (Lipinski definition) is 2. The molecule has 0 aromatic heterocycles. The molecule has 0 fully saturated rings. The van der Waals surface area contributed by atoms with Crippen LogP contribution in [0, 0.1) is 5.82 Å². The summed E-state index contributed by atoms with van der Waals surface area (Å²) in [5, 5.41) is 5.41. The summed E-state index contributed by atoms with van der Waals surface area (Å²) in [4.78, 5) is 11.4. The number of hydrogen-bond acceptors (Lipinski definition) is 2. The molecule has 0 aliphatic carbocycles. The summed E-state index contributed by atoms with van der Waals surface area (Å²) >= 11 is 0. The molecule has 0 radical (unpaired) electrons. The molecule has 1 aromatic rings. The van der Waals surface area contributed by atoms with E-state index in [2.05, 4.69) is 10.6 Å². The van der Waals surface area contributed by atoms with Crippen molar-refractivity contribution in [1.29, 1.82) is 0 Å². The van der Waals surface area contributed by atoms with Crippen molar-refractivity contribution in [2.45, 2.75) is 19.8 Å². The van der Waals surface area contributed by atoms with Crippen molar-refractivity contribution < 1.29 is 13.9 Å². The van der Waals surface area contributed by atoms with Gasteiger partial charge in [-0.15, -0.1) is 0 Å². The number of nitrogens with one attached hydrogen (secondary N) is 2. The van der Waals surface area contributed by atoms with Crippen molar-refractivity contribution in [2.75, 3.05) is 26.3 Å². The van der Waals surface area contributed by atoms with Gasteiger partial charge in [0.25, 0.3) is 0 Å². The Hall–Kier alpha value is -1.62. The monoisotopic (exact) mass is 268 g/mol. The van der Waals surface area contributed by atoms with E-state index >= 15 is 0 Å². The Balaban J connectivity index is 2.09. The van der Waals surface area contributed by atoms with Crippen LogP contribution in [0.3, 0.4) is 0 Å². The summed E-state index contributed by atoms with van der Waals surface area (Å²) in [5.41, 5.74) is 0.610. The molecule has 0 saturated carbocycles. The van der Waals surface area contributed by atoms with Crippen LogP contribution in [-0.4, -0.2) is 32.3 Å². The number of halogens is 1. The maximum atomic E-state index is 13.3. The molecule has 0 aliphatic heterocycles. The molecule has 5 heteroatoms. The van der Waals surface area contributed by atoms with Crippen LogP contribution in [0.5, 0.6) is 0 Å². The standard InChI is InChI=1S/C14H21FN2O2/c1-2-19-11-5-9-16-14(18)17-10-8-12-6-3-4-7-13(12)15/h3-4,6-7H,2,5,8-11H2,1H3,(H2,16,17,18). The minimum Gasteiger partial charge on any atom is -0.382 e. The molecule has 2 amide bonds. The van der Waals surface area contributed by atoms with E-state index in [1.165, 1.54) is 6.07 Å². The predicted octanol–water partition coefficient (Wildman–Crippen LogP) is 2.09. The van der Waals surface area contributed by atoms with Gasteiger partial charge in [0.1, 0.15) is 5.82 Å². The van der Waals surface area contributed by atoms with Gasteiger partial charge in [-0.3, -0.25) is 0 Å². The largest absolute Gasteiger partial charge is 0.382 e. The zero-order valence-electron chi connectivity index (χ0n) is 11.2. The fraction of sp³-hybridized carbons (Fsp3) is 0.500. The SMILES string of the molecule is CCOCCCNC(=O)NCCc1ccccc1F. The highest BCUT2D eigenvalue weighted by molar-refractivity contribution is 5.73. The molecule has 19 heavy (non-hydrogen) atoms. The van der Waals surface area contributed by atoms with E-state index in [4.69, 9.17) is 4.74 Å². The number of carbonyl (C=O) groups excluding carboxylic acids is 1. The molecular formula is C14H21FN2O2. The first-order valence-electron chi connectivity index (χ1n) is 6.57. The molecule has 0 atom stereocenters. The van der Waals surface area contributed by atoms with Crippen LogP contribution < -0.4 is 10.6 Å². The number of benzene rings is 1. The van der Waals surface area contributed by atoms with Gasteiger partial charge in [0.15, 0.2) is 0 Å². The minimum absolute atomic E-state index is 0.229. The third-order valence-electron chi connectivity index (χ3n) is 2.59. The smallest absolute Gasteiger partial charge is 0.314 e. The lowest BCUT2D eigenvalue weighted by atomic mass is 10.1. The molecule has 0 unspecified atom stereocenters. The lowest BCUT2D eigenvalue weighted by molar-refractivity contribution is 0.145. The molecule has 106 valence electrons. The molecule has 0 aliphatic rings. The average molecular weight is 268 g/mol. The van der Waals surface area contributed by atoms with Crippen LogP contribution in [0.4, 0.5) is 9.18 Å². The first kappa shape index (κ1) is 15.4. The number of carbonyl (C=O) groups is 1. The van der Waals surface area contributed by atoms with E-state index in [0.717, 1.165) is 6.42 Å². The fourth-order valence-corrected chi connectivity index (χ4v) is 1.59. The Morgan fingerprint density at radius 2 is 2.00 bits per heavy atom. The summed E-state index contributed by atoms with van der Waals surface area (Å²) in [6.07, 6.45) is 1.27. The highest BCUT2D eigenvalue weighted by atomic mass is 19.1. The Labute approximate surface area is 113 Å². The maximum absolute atomic E-state index is 13.3. The third kappa shape index (κ3) is 6.76. The minimum atomic E-state index is -0.235. The molecule has 4 nitrogen and oxygen atoms in total. The quantitative estimate of drug-likeness (QED) is 0.709. The number of urea groups is 1. The van der Waals surface area contributed by atoms with Crippen LogP contribution >= 0.6 is 0 Å². The zero-order valence-corrected chi connectivity index (χ0v) is 11.2. The van der Waals surface area contributed by atoms with Crippen LogP contribution in [-0.2, 0) is 11.2 Å². The molecule has 1 aromatic carbocycles. The summed E-state index contributed by atoms with van der Waals surface area (Å²) in [6.45, 7) is 4.26. The summed E-state index contributed by atoms with van der Waals surface area (Å²) in [5.74, 6) is -0.235. The van der Waals surface area contributed by atoms with E-state index in [9.17, 15) is 9.18 Å². The van der Waals surface area contributed by atoms with Crippen LogP contribution in [0.15, 0.2) is 24.3 Å². The fourth-order valence-electron chi connectivity index (χ4n) is 1.59. The second-order valence-electron chi connectivity index (χ2n) is 4.07. The van der Waals surface area contributed by atoms with Gasteiger partial charge >= 0.3 is 6.03 Å². The summed E-state index contributed by atoms with van der Waals surface area (Å²) < 4.78 is 18.4. The number of ether oxygens (including phenoxy) is 1. The average Bonchev–Trinajstić information content (AvgIpc) is 2.41. The van der Waals surface area contributed by atoms with Crippen molar-refractivity contribution in [3.8, 4) is 0 Å². The molecule has 0 heterocycles. The number of rotatable bonds is 8. The molecule has 1 rings (SSSR count). The summed E-state index contributed by atoms with van der Waals surface area (Å²) in [7, 11) is 0. The first-order chi connectivity index (χ1) is 9.24. The zero-order chi connectivity index (χ0) is 13.9. The van der Waals surface area contributed by atoms with Gasteiger partial charge in [0.2, 0.25) is 0 Å². The number of amides is 2. The van der Waals surface area contributed by atoms with Gasteiger partial charge in [-0.05, 0) is 31.4 Å². The van der Waals surface area contributed by atoms with E-state index in [1.54, 1.807) is 18.2 Å².